The lowest BCUT2D eigenvalue weighted by atomic mass is 9.86. The highest BCUT2D eigenvalue weighted by Gasteiger charge is 2.21. The number of hydrogen-bond donors (Lipinski definition) is 3. The normalized spacial score (nSPS) is 14.0. The van der Waals surface area contributed by atoms with E-state index in [2.05, 4.69) is 26.1 Å². The molecule has 4 nitrogen and oxygen atoms in total. The summed E-state index contributed by atoms with van der Waals surface area (Å²) in [6.45, 7) is 10.2. The Morgan fingerprint density at radius 3 is 2.43 bits per heavy atom. The van der Waals surface area contributed by atoms with Crippen molar-refractivity contribution in [3.05, 3.63) is 23.8 Å². The van der Waals surface area contributed by atoms with E-state index in [0.717, 1.165) is 12.0 Å². The summed E-state index contributed by atoms with van der Waals surface area (Å²) in [4.78, 5) is 12.1. The van der Waals surface area contributed by atoms with E-state index in [4.69, 9.17) is 5.73 Å². The van der Waals surface area contributed by atoms with E-state index in [0.29, 0.717) is 5.69 Å². The highest BCUT2D eigenvalue weighted by molar-refractivity contribution is 5.96. The van der Waals surface area contributed by atoms with Crippen LogP contribution in [0.25, 0.3) is 0 Å². The zero-order valence-electron chi connectivity index (χ0n) is 13.4. The number of halogens is 1. The molecule has 0 fully saturated rings. The smallest absolute Gasteiger partial charge is 0.241 e. The molecule has 1 amide bonds. The van der Waals surface area contributed by atoms with Crippen molar-refractivity contribution in [1.82, 2.24) is 0 Å². The van der Waals surface area contributed by atoms with Crippen molar-refractivity contribution in [3.63, 3.8) is 0 Å². The van der Waals surface area contributed by atoms with Gasteiger partial charge in [0.1, 0.15) is 5.75 Å². The Morgan fingerprint density at radius 1 is 1.38 bits per heavy atom. The summed E-state index contributed by atoms with van der Waals surface area (Å²) >= 11 is 0. The lowest BCUT2D eigenvalue weighted by Gasteiger charge is -2.22. The molecule has 120 valence electrons. The fourth-order valence-electron chi connectivity index (χ4n) is 1.83. The van der Waals surface area contributed by atoms with Crippen LogP contribution in [0.5, 0.6) is 5.75 Å². The molecular formula is C16H27ClN2O2. The molecule has 0 aromatic heterocycles. The van der Waals surface area contributed by atoms with Crippen LogP contribution in [0.2, 0.25) is 0 Å². The summed E-state index contributed by atoms with van der Waals surface area (Å²) in [6, 6.07) is 4.69. The molecule has 0 bridgehead atoms. The Kier molecular flexibility index (Phi) is 7.20. The van der Waals surface area contributed by atoms with Crippen molar-refractivity contribution in [1.29, 1.82) is 0 Å². The highest BCUT2D eigenvalue weighted by atomic mass is 35.5. The number of carbonyl (C=O) groups is 1. The Morgan fingerprint density at radius 2 is 1.95 bits per heavy atom. The summed E-state index contributed by atoms with van der Waals surface area (Å²) in [6.07, 6.45) is 0.836. The summed E-state index contributed by atoms with van der Waals surface area (Å²) in [5, 5.41) is 12.6. The minimum absolute atomic E-state index is 0. The maximum atomic E-state index is 12.1. The molecule has 2 unspecified atom stereocenters. The van der Waals surface area contributed by atoms with Crippen LogP contribution < -0.4 is 11.1 Å². The van der Waals surface area contributed by atoms with Crippen molar-refractivity contribution in [3.8, 4) is 5.75 Å². The van der Waals surface area contributed by atoms with Gasteiger partial charge in [-0.05, 0) is 29.0 Å². The van der Waals surface area contributed by atoms with Crippen LogP contribution in [0.1, 0.15) is 46.6 Å². The average molecular weight is 315 g/mol. The lowest BCUT2D eigenvalue weighted by molar-refractivity contribution is -0.118. The first kappa shape index (κ1) is 19.7. The molecule has 1 rings (SSSR count). The van der Waals surface area contributed by atoms with Crippen LogP contribution in [-0.2, 0) is 10.2 Å². The Labute approximate surface area is 133 Å². The summed E-state index contributed by atoms with van der Waals surface area (Å²) in [7, 11) is 0. The molecule has 21 heavy (non-hydrogen) atoms. The van der Waals surface area contributed by atoms with E-state index in [1.807, 2.05) is 19.9 Å². The van der Waals surface area contributed by atoms with E-state index in [1.54, 1.807) is 12.1 Å². The molecule has 0 aliphatic rings. The average Bonchev–Trinajstić information content (AvgIpc) is 2.38. The van der Waals surface area contributed by atoms with Gasteiger partial charge >= 0.3 is 0 Å². The van der Waals surface area contributed by atoms with Crippen LogP contribution in [-0.4, -0.2) is 17.1 Å². The maximum absolute atomic E-state index is 12.1. The zero-order valence-corrected chi connectivity index (χ0v) is 14.3. The van der Waals surface area contributed by atoms with Crippen molar-refractivity contribution in [2.45, 2.75) is 52.5 Å². The predicted octanol–water partition coefficient (Wildman–Crippen LogP) is 3.42. The van der Waals surface area contributed by atoms with Crippen LogP contribution in [0, 0.1) is 5.92 Å². The number of carbonyl (C=O) groups excluding carboxylic acids is 1. The Bertz CT molecular complexity index is 484. The van der Waals surface area contributed by atoms with Crippen LogP contribution in [0.15, 0.2) is 18.2 Å². The molecule has 0 aliphatic heterocycles. The number of nitrogens with two attached hydrogens (primary N) is 1. The third-order valence-electron chi connectivity index (χ3n) is 3.68. The third-order valence-corrected chi connectivity index (χ3v) is 3.68. The summed E-state index contributed by atoms with van der Waals surface area (Å²) in [5.41, 5.74) is 7.31. The van der Waals surface area contributed by atoms with Gasteiger partial charge in [0.2, 0.25) is 5.91 Å². The molecule has 2 atom stereocenters. The van der Waals surface area contributed by atoms with E-state index < -0.39 is 6.04 Å². The van der Waals surface area contributed by atoms with Crippen LogP contribution in [0.4, 0.5) is 5.69 Å². The number of phenols is 1. The van der Waals surface area contributed by atoms with E-state index >= 15 is 0 Å². The van der Waals surface area contributed by atoms with Crippen LogP contribution in [0.3, 0.4) is 0 Å². The van der Waals surface area contributed by atoms with Gasteiger partial charge in [0.25, 0.3) is 0 Å². The molecule has 1 aromatic rings. The number of rotatable bonds is 4. The van der Waals surface area contributed by atoms with Crippen molar-refractivity contribution in [2.75, 3.05) is 5.32 Å². The molecule has 0 aliphatic carbocycles. The van der Waals surface area contributed by atoms with E-state index in [1.165, 1.54) is 0 Å². The minimum Gasteiger partial charge on any atom is -0.506 e. The number of phenolic OH excluding ortho intramolecular Hbond substituents is 1. The second-order valence-corrected chi connectivity index (χ2v) is 6.38. The second-order valence-electron chi connectivity index (χ2n) is 6.38. The standard InChI is InChI=1S/C16H26N2O2.ClH/c1-6-10(2)14(17)15(20)18-12-9-11(16(3,4)5)7-8-13(12)19;/h7-10,14,19H,6,17H2,1-5H3,(H,18,20);1H. The molecule has 0 heterocycles. The third kappa shape index (κ3) is 5.21. The van der Waals surface area contributed by atoms with Gasteiger partial charge in [-0.3, -0.25) is 4.79 Å². The quantitative estimate of drug-likeness (QED) is 0.745. The largest absolute Gasteiger partial charge is 0.506 e. The lowest BCUT2D eigenvalue weighted by Crippen LogP contribution is -2.40. The molecule has 0 spiro atoms. The first-order chi connectivity index (χ1) is 9.16. The topological polar surface area (TPSA) is 75.4 Å². The predicted molar refractivity (Wildman–Crippen MR) is 90.1 cm³/mol. The summed E-state index contributed by atoms with van der Waals surface area (Å²) < 4.78 is 0. The molecule has 4 N–H and O–H groups in total. The number of nitrogens with one attached hydrogen (secondary N) is 1. The molecule has 0 radical (unpaired) electrons. The van der Waals surface area contributed by atoms with Gasteiger partial charge in [0, 0.05) is 0 Å². The second kappa shape index (κ2) is 7.66. The van der Waals surface area contributed by atoms with Crippen molar-refractivity contribution in [2.24, 2.45) is 11.7 Å². The van der Waals surface area contributed by atoms with Crippen molar-refractivity contribution < 1.29 is 9.90 Å². The van der Waals surface area contributed by atoms with Gasteiger partial charge in [-0.15, -0.1) is 12.4 Å². The molecule has 1 aromatic carbocycles. The maximum Gasteiger partial charge on any atom is 0.241 e. The number of amides is 1. The molecule has 5 heteroatoms. The number of anilines is 1. The first-order valence-corrected chi connectivity index (χ1v) is 7.06. The van der Waals surface area contributed by atoms with Gasteiger partial charge in [0.05, 0.1) is 11.7 Å². The summed E-state index contributed by atoms with van der Waals surface area (Å²) in [5.74, 6) is -0.105. The number of benzene rings is 1. The van der Waals surface area contributed by atoms with Gasteiger partial charge < -0.3 is 16.2 Å². The highest BCUT2D eigenvalue weighted by Crippen LogP contribution is 2.30. The zero-order chi connectivity index (χ0) is 15.5. The monoisotopic (exact) mass is 314 g/mol. The Hall–Kier alpha value is -1.26. The fraction of sp³-hybridized carbons (Fsp3) is 0.562. The number of aromatic hydroxyl groups is 1. The molecule has 0 saturated heterocycles. The van der Waals surface area contributed by atoms with Gasteiger partial charge in [0.15, 0.2) is 0 Å². The van der Waals surface area contributed by atoms with Crippen molar-refractivity contribution >= 4 is 24.0 Å². The van der Waals surface area contributed by atoms with Gasteiger partial charge in [-0.25, -0.2) is 0 Å². The van der Waals surface area contributed by atoms with Crippen LogP contribution >= 0.6 is 12.4 Å². The first-order valence-electron chi connectivity index (χ1n) is 7.06. The minimum atomic E-state index is -0.572. The Balaban J connectivity index is 0.00000400. The van der Waals surface area contributed by atoms with Gasteiger partial charge in [-0.1, -0.05) is 47.1 Å². The fourth-order valence-corrected chi connectivity index (χ4v) is 1.83. The van der Waals surface area contributed by atoms with E-state index in [-0.39, 0.29) is 35.4 Å². The molecule has 0 saturated carbocycles. The number of hydrogen-bond acceptors (Lipinski definition) is 3. The van der Waals surface area contributed by atoms with E-state index in [9.17, 15) is 9.90 Å². The van der Waals surface area contributed by atoms with Gasteiger partial charge in [-0.2, -0.15) is 0 Å². The SMILES string of the molecule is CCC(C)C(N)C(=O)Nc1cc(C(C)(C)C)ccc1O.Cl. The molecular weight excluding hydrogens is 288 g/mol.